The van der Waals surface area contributed by atoms with Crippen LogP contribution in [0.15, 0.2) is 6.20 Å². The van der Waals surface area contributed by atoms with Gasteiger partial charge in [0.05, 0.1) is 36.7 Å². The summed E-state index contributed by atoms with van der Waals surface area (Å²) in [5.74, 6) is 0. The van der Waals surface area contributed by atoms with E-state index in [1.54, 1.807) is 4.68 Å². The SMILES string of the molecule is CCC(N)c1cn(CCOC(C)(C)C)nn1. The topological polar surface area (TPSA) is 66.0 Å². The van der Waals surface area contributed by atoms with Gasteiger partial charge in [0.2, 0.25) is 0 Å². The third kappa shape index (κ3) is 4.28. The number of nitrogens with zero attached hydrogens (tertiary/aromatic N) is 3. The molecule has 0 radical (unpaired) electrons. The van der Waals surface area contributed by atoms with Crippen LogP contribution >= 0.6 is 0 Å². The summed E-state index contributed by atoms with van der Waals surface area (Å²) in [7, 11) is 0. The summed E-state index contributed by atoms with van der Waals surface area (Å²) in [5.41, 5.74) is 6.60. The molecule has 0 spiro atoms. The van der Waals surface area contributed by atoms with Crippen LogP contribution < -0.4 is 5.73 Å². The van der Waals surface area contributed by atoms with Crippen LogP contribution in [0.1, 0.15) is 45.9 Å². The fourth-order valence-electron chi connectivity index (χ4n) is 1.25. The molecule has 0 bridgehead atoms. The van der Waals surface area contributed by atoms with Crippen LogP contribution in [0.4, 0.5) is 0 Å². The molecule has 1 unspecified atom stereocenters. The van der Waals surface area contributed by atoms with Gasteiger partial charge in [0.15, 0.2) is 0 Å². The van der Waals surface area contributed by atoms with Gasteiger partial charge < -0.3 is 10.5 Å². The molecular weight excluding hydrogens is 204 g/mol. The lowest BCUT2D eigenvalue weighted by atomic mass is 10.2. The molecule has 0 aliphatic carbocycles. The first-order valence-corrected chi connectivity index (χ1v) is 5.72. The molecule has 0 aliphatic rings. The van der Waals surface area contributed by atoms with Crippen molar-refractivity contribution >= 4 is 0 Å². The van der Waals surface area contributed by atoms with E-state index in [9.17, 15) is 0 Å². The van der Waals surface area contributed by atoms with Crippen molar-refractivity contribution in [3.8, 4) is 0 Å². The van der Waals surface area contributed by atoms with Crippen molar-refractivity contribution in [1.82, 2.24) is 15.0 Å². The van der Waals surface area contributed by atoms with Crippen LogP contribution in [-0.4, -0.2) is 27.2 Å². The first-order valence-electron chi connectivity index (χ1n) is 5.72. The Labute approximate surface area is 97.0 Å². The molecule has 2 N–H and O–H groups in total. The normalized spacial score (nSPS) is 14.1. The number of ether oxygens (including phenoxy) is 1. The molecule has 1 atom stereocenters. The summed E-state index contributed by atoms with van der Waals surface area (Å²) in [5, 5.41) is 8.05. The standard InChI is InChI=1S/C11H22N4O/c1-5-9(12)10-8-15(14-13-10)6-7-16-11(2,3)4/h8-9H,5-7,12H2,1-4H3. The van der Waals surface area contributed by atoms with Gasteiger partial charge in [-0.2, -0.15) is 0 Å². The fourth-order valence-corrected chi connectivity index (χ4v) is 1.25. The lowest BCUT2D eigenvalue weighted by molar-refractivity contribution is -0.00805. The van der Waals surface area contributed by atoms with Crippen LogP contribution in [-0.2, 0) is 11.3 Å². The molecule has 0 aromatic carbocycles. The molecule has 92 valence electrons. The van der Waals surface area contributed by atoms with E-state index in [4.69, 9.17) is 10.5 Å². The molecule has 5 heteroatoms. The van der Waals surface area contributed by atoms with Crippen molar-refractivity contribution in [2.24, 2.45) is 5.73 Å². The minimum absolute atomic E-state index is 0.0164. The van der Waals surface area contributed by atoms with E-state index in [1.165, 1.54) is 0 Å². The number of rotatable bonds is 5. The molecule has 5 nitrogen and oxygen atoms in total. The lowest BCUT2D eigenvalue weighted by Gasteiger charge is -2.19. The Morgan fingerprint density at radius 2 is 2.19 bits per heavy atom. The third-order valence-corrected chi connectivity index (χ3v) is 2.23. The molecule has 0 saturated carbocycles. The molecule has 0 fully saturated rings. The zero-order valence-electron chi connectivity index (χ0n) is 10.6. The second-order valence-corrected chi connectivity index (χ2v) is 4.88. The molecule has 0 aliphatic heterocycles. The summed E-state index contributed by atoms with van der Waals surface area (Å²) in [4.78, 5) is 0. The number of nitrogens with two attached hydrogens (primary N) is 1. The van der Waals surface area contributed by atoms with Crippen molar-refractivity contribution < 1.29 is 4.74 Å². The highest BCUT2D eigenvalue weighted by atomic mass is 16.5. The van der Waals surface area contributed by atoms with Gasteiger partial charge in [0.1, 0.15) is 0 Å². The summed E-state index contributed by atoms with van der Waals surface area (Å²) in [6.45, 7) is 9.48. The lowest BCUT2D eigenvalue weighted by Crippen LogP contribution is -2.22. The van der Waals surface area contributed by atoms with E-state index < -0.39 is 0 Å². The van der Waals surface area contributed by atoms with Crippen LogP contribution in [0.3, 0.4) is 0 Å². The Balaban J connectivity index is 2.41. The van der Waals surface area contributed by atoms with Gasteiger partial charge in [-0.3, -0.25) is 0 Å². The molecule has 16 heavy (non-hydrogen) atoms. The van der Waals surface area contributed by atoms with Crippen molar-refractivity contribution in [2.45, 2.75) is 52.3 Å². The van der Waals surface area contributed by atoms with Gasteiger partial charge in [-0.05, 0) is 27.2 Å². The van der Waals surface area contributed by atoms with E-state index >= 15 is 0 Å². The zero-order chi connectivity index (χ0) is 12.2. The highest BCUT2D eigenvalue weighted by Crippen LogP contribution is 2.09. The summed E-state index contributed by atoms with van der Waals surface area (Å²) in [6.07, 6.45) is 2.76. The zero-order valence-corrected chi connectivity index (χ0v) is 10.6. The van der Waals surface area contributed by atoms with Gasteiger partial charge in [0.25, 0.3) is 0 Å². The molecule has 0 saturated heterocycles. The van der Waals surface area contributed by atoms with Crippen LogP contribution in [0.25, 0.3) is 0 Å². The van der Waals surface area contributed by atoms with Gasteiger partial charge in [-0.15, -0.1) is 5.10 Å². The maximum absolute atomic E-state index is 5.86. The maximum atomic E-state index is 5.86. The number of hydrogen-bond donors (Lipinski definition) is 1. The van der Waals surface area contributed by atoms with Gasteiger partial charge in [0, 0.05) is 0 Å². The molecule has 1 aromatic heterocycles. The highest BCUT2D eigenvalue weighted by molar-refractivity contribution is 4.98. The highest BCUT2D eigenvalue weighted by Gasteiger charge is 2.11. The summed E-state index contributed by atoms with van der Waals surface area (Å²) >= 11 is 0. The Bertz CT molecular complexity index is 316. The van der Waals surface area contributed by atoms with Crippen molar-refractivity contribution in [3.63, 3.8) is 0 Å². The van der Waals surface area contributed by atoms with Crippen molar-refractivity contribution in [2.75, 3.05) is 6.61 Å². The predicted octanol–water partition coefficient (Wildman–Crippen LogP) is 1.50. The Morgan fingerprint density at radius 1 is 1.50 bits per heavy atom. The van der Waals surface area contributed by atoms with Gasteiger partial charge >= 0.3 is 0 Å². The Morgan fingerprint density at radius 3 is 2.75 bits per heavy atom. The fraction of sp³-hybridized carbons (Fsp3) is 0.818. The van der Waals surface area contributed by atoms with E-state index in [0.717, 1.165) is 12.1 Å². The first-order chi connectivity index (χ1) is 7.42. The van der Waals surface area contributed by atoms with E-state index in [-0.39, 0.29) is 11.6 Å². The minimum Gasteiger partial charge on any atom is -0.374 e. The second-order valence-electron chi connectivity index (χ2n) is 4.88. The van der Waals surface area contributed by atoms with Gasteiger partial charge in [-0.1, -0.05) is 12.1 Å². The van der Waals surface area contributed by atoms with Crippen LogP contribution in [0.5, 0.6) is 0 Å². The first kappa shape index (κ1) is 13.1. The monoisotopic (exact) mass is 226 g/mol. The largest absolute Gasteiger partial charge is 0.374 e. The Hall–Kier alpha value is -0.940. The average molecular weight is 226 g/mol. The molecular formula is C11H22N4O. The Kier molecular flexibility index (Phi) is 4.44. The van der Waals surface area contributed by atoms with E-state index in [0.29, 0.717) is 13.2 Å². The molecule has 0 amide bonds. The maximum Gasteiger partial charge on any atom is 0.0994 e. The van der Waals surface area contributed by atoms with Gasteiger partial charge in [-0.25, -0.2) is 4.68 Å². The molecule has 1 rings (SSSR count). The second kappa shape index (κ2) is 5.41. The smallest absolute Gasteiger partial charge is 0.0994 e. The predicted molar refractivity (Wildman–Crippen MR) is 62.9 cm³/mol. The van der Waals surface area contributed by atoms with Crippen LogP contribution in [0.2, 0.25) is 0 Å². The van der Waals surface area contributed by atoms with E-state index in [2.05, 4.69) is 10.3 Å². The third-order valence-electron chi connectivity index (χ3n) is 2.23. The van der Waals surface area contributed by atoms with Crippen molar-refractivity contribution in [1.29, 1.82) is 0 Å². The summed E-state index contributed by atoms with van der Waals surface area (Å²) in [6, 6.07) is -0.0164. The minimum atomic E-state index is -0.108. The van der Waals surface area contributed by atoms with Crippen LogP contribution in [0, 0.1) is 0 Å². The molecule has 1 aromatic rings. The summed E-state index contributed by atoms with van der Waals surface area (Å²) < 4.78 is 7.38. The number of hydrogen-bond acceptors (Lipinski definition) is 4. The molecule has 1 heterocycles. The quantitative estimate of drug-likeness (QED) is 0.826. The average Bonchev–Trinajstić information content (AvgIpc) is 2.63. The number of aromatic nitrogens is 3. The van der Waals surface area contributed by atoms with E-state index in [1.807, 2.05) is 33.9 Å². The van der Waals surface area contributed by atoms with Crippen molar-refractivity contribution in [3.05, 3.63) is 11.9 Å².